The van der Waals surface area contributed by atoms with Gasteiger partial charge in [-0.2, -0.15) is 0 Å². The lowest BCUT2D eigenvalue weighted by molar-refractivity contribution is -0.172. The van der Waals surface area contributed by atoms with E-state index >= 15 is 0 Å². The van der Waals surface area contributed by atoms with Crippen molar-refractivity contribution in [2.75, 3.05) is 18.8 Å². The Balaban J connectivity index is 1.51. The molecule has 0 spiro atoms. The number of hydrogen-bond acceptors (Lipinski definition) is 8. The highest BCUT2D eigenvalue weighted by molar-refractivity contribution is 8.14. The largest absolute Gasteiger partial charge is 0.363 e. The van der Waals surface area contributed by atoms with Crippen LogP contribution in [0.3, 0.4) is 0 Å². The second-order valence-corrected chi connectivity index (χ2v) is 6.82. The second kappa shape index (κ2) is 8.21. The SMILES string of the molecule is O=C(NCCN1C(=O)CSC1=O)c1ccc(C(=O)ON2C(=O)CCC2=O)cc1. The number of imide groups is 2. The molecule has 5 amide bonds. The lowest BCUT2D eigenvalue weighted by Gasteiger charge is -2.13. The summed E-state index contributed by atoms with van der Waals surface area (Å²) in [5, 5.41) is 2.69. The molecule has 0 unspecified atom stereocenters. The quantitative estimate of drug-likeness (QED) is 0.670. The summed E-state index contributed by atoms with van der Waals surface area (Å²) in [6.45, 7) is 0.179. The summed E-state index contributed by atoms with van der Waals surface area (Å²) < 4.78 is 0. The molecule has 2 aliphatic heterocycles. The van der Waals surface area contributed by atoms with Crippen molar-refractivity contribution in [2.45, 2.75) is 12.8 Å². The van der Waals surface area contributed by atoms with E-state index in [1.165, 1.54) is 24.3 Å². The molecule has 3 rings (SSSR count). The zero-order valence-corrected chi connectivity index (χ0v) is 15.3. The van der Waals surface area contributed by atoms with E-state index in [-0.39, 0.29) is 54.0 Å². The van der Waals surface area contributed by atoms with Gasteiger partial charge >= 0.3 is 5.97 Å². The van der Waals surface area contributed by atoms with Crippen molar-refractivity contribution < 1.29 is 33.6 Å². The fourth-order valence-electron chi connectivity index (χ4n) is 2.53. The number of carbonyl (C=O) groups is 6. The third kappa shape index (κ3) is 4.19. The van der Waals surface area contributed by atoms with Gasteiger partial charge in [-0.05, 0) is 24.3 Å². The molecule has 0 atom stereocenters. The molecule has 2 fully saturated rings. The predicted octanol–water partition coefficient (Wildman–Crippen LogP) is 0.333. The van der Waals surface area contributed by atoms with E-state index in [0.717, 1.165) is 16.7 Å². The van der Waals surface area contributed by atoms with E-state index in [0.29, 0.717) is 5.06 Å². The first-order chi connectivity index (χ1) is 13.4. The van der Waals surface area contributed by atoms with Gasteiger partial charge in [0, 0.05) is 31.5 Å². The van der Waals surface area contributed by atoms with Crippen molar-refractivity contribution in [1.82, 2.24) is 15.3 Å². The summed E-state index contributed by atoms with van der Waals surface area (Å²) in [7, 11) is 0. The van der Waals surface area contributed by atoms with Gasteiger partial charge in [0.05, 0.1) is 11.3 Å². The van der Waals surface area contributed by atoms with Gasteiger partial charge in [0.15, 0.2) is 0 Å². The van der Waals surface area contributed by atoms with Crippen LogP contribution in [0.4, 0.5) is 4.79 Å². The maximum atomic E-state index is 12.1. The molecule has 1 aromatic carbocycles. The van der Waals surface area contributed by atoms with Crippen LogP contribution in [0.15, 0.2) is 24.3 Å². The van der Waals surface area contributed by atoms with Crippen LogP contribution in [0.2, 0.25) is 0 Å². The summed E-state index contributed by atoms with van der Waals surface area (Å²) in [4.78, 5) is 75.8. The Morgan fingerprint density at radius 3 is 2.14 bits per heavy atom. The van der Waals surface area contributed by atoms with Gasteiger partial charge in [-0.25, -0.2) is 4.79 Å². The molecule has 11 heteroatoms. The van der Waals surface area contributed by atoms with Gasteiger partial charge in [0.1, 0.15) is 0 Å². The highest BCUT2D eigenvalue weighted by atomic mass is 32.2. The monoisotopic (exact) mass is 405 g/mol. The van der Waals surface area contributed by atoms with E-state index in [1.807, 2.05) is 0 Å². The molecule has 1 aromatic rings. The van der Waals surface area contributed by atoms with Crippen molar-refractivity contribution >= 4 is 46.6 Å². The number of thioether (sulfide) groups is 1. The molecule has 28 heavy (non-hydrogen) atoms. The van der Waals surface area contributed by atoms with Gasteiger partial charge in [-0.15, -0.1) is 5.06 Å². The summed E-state index contributed by atoms with van der Waals surface area (Å²) in [6.07, 6.45) is -0.00291. The fourth-order valence-corrected chi connectivity index (χ4v) is 3.28. The van der Waals surface area contributed by atoms with E-state index < -0.39 is 23.7 Å². The van der Waals surface area contributed by atoms with Crippen molar-refractivity contribution in [2.24, 2.45) is 0 Å². The zero-order valence-electron chi connectivity index (χ0n) is 14.5. The lowest BCUT2D eigenvalue weighted by Crippen LogP contribution is -2.37. The zero-order chi connectivity index (χ0) is 20.3. The predicted molar refractivity (Wildman–Crippen MR) is 94.8 cm³/mol. The second-order valence-electron chi connectivity index (χ2n) is 5.89. The first-order valence-corrected chi connectivity index (χ1v) is 9.29. The molecule has 2 heterocycles. The van der Waals surface area contributed by atoms with Crippen LogP contribution in [-0.4, -0.2) is 63.6 Å². The first-order valence-electron chi connectivity index (χ1n) is 8.30. The molecule has 0 radical (unpaired) electrons. The van der Waals surface area contributed by atoms with Gasteiger partial charge in [-0.3, -0.25) is 28.9 Å². The number of carbonyl (C=O) groups excluding carboxylic acids is 6. The van der Waals surface area contributed by atoms with Crippen molar-refractivity contribution in [3.63, 3.8) is 0 Å². The minimum absolute atomic E-state index is 0.00146. The highest BCUT2D eigenvalue weighted by Crippen LogP contribution is 2.18. The van der Waals surface area contributed by atoms with Crippen LogP contribution >= 0.6 is 11.8 Å². The maximum Gasteiger partial charge on any atom is 0.363 e. The Morgan fingerprint density at radius 2 is 1.57 bits per heavy atom. The first kappa shape index (κ1) is 19.5. The van der Waals surface area contributed by atoms with Gasteiger partial charge in [-0.1, -0.05) is 11.8 Å². The molecule has 2 saturated heterocycles. The number of hydroxylamine groups is 2. The number of rotatable bonds is 6. The Hall–Kier alpha value is -3.21. The summed E-state index contributed by atoms with van der Waals surface area (Å²) >= 11 is 0.920. The summed E-state index contributed by atoms with van der Waals surface area (Å²) in [5.41, 5.74) is 0.313. The van der Waals surface area contributed by atoms with Crippen LogP contribution in [-0.2, 0) is 19.2 Å². The van der Waals surface area contributed by atoms with Crippen LogP contribution in [0.25, 0.3) is 0 Å². The van der Waals surface area contributed by atoms with Crippen LogP contribution in [0, 0.1) is 0 Å². The topological polar surface area (TPSA) is 130 Å². The number of benzene rings is 1. The molecule has 1 N–H and O–H groups in total. The maximum absolute atomic E-state index is 12.1. The standard InChI is InChI=1S/C17H15N3O7S/c21-12-5-6-13(22)20(12)27-16(25)11-3-1-10(2-4-11)15(24)18-7-8-19-14(23)9-28-17(19)26/h1-4H,5-9H2,(H,18,24). The third-order valence-electron chi connectivity index (χ3n) is 4.02. The van der Waals surface area contributed by atoms with Gasteiger partial charge in [0.25, 0.3) is 23.0 Å². The number of amides is 5. The molecular formula is C17H15N3O7S. The Labute approximate surface area is 163 Å². The molecule has 0 saturated carbocycles. The van der Waals surface area contributed by atoms with Crippen molar-refractivity contribution in [1.29, 1.82) is 0 Å². The minimum Gasteiger partial charge on any atom is -0.350 e. The van der Waals surface area contributed by atoms with Crippen molar-refractivity contribution in [3.8, 4) is 0 Å². The normalized spacial score (nSPS) is 16.7. The molecule has 2 aliphatic rings. The van der Waals surface area contributed by atoms with Gasteiger partial charge in [0.2, 0.25) is 5.91 Å². The highest BCUT2D eigenvalue weighted by Gasteiger charge is 2.33. The molecule has 0 aliphatic carbocycles. The van der Waals surface area contributed by atoms with E-state index in [4.69, 9.17) is 4.84 Å². The smallest absolute Gasteiger partial charge is 0.350 e. The number of hydrogen-bond donors (Lipinski definition) is 1. The number of nitrogens with zero attached hydrogens (tertiary/aromatic N) is 2. The third-order valence-corrected chi connectivity index (χ3v) is 4.88. The average molecular weight is 405 g/mol. The molecular weight excluding hydrogens is 390 g/mol. The fraction of sp³-hybridized carbons (Fsp3) is 0.294. The van der Waals surface area contributed by atoms with Crippen LogP contribution in [0.5, 0.6) is 0 Å². The Morgan fingerprint density at radius 1 is 0.964 bits per heavy atom. The van der Waals surface area contributed by atoms with Crippen LogP contribution < -0.4 is 5.32 Å². The van der Waals surface area contributed by atoms with E-state index in [2.05, 4.69) is 5.32 Å². The van der Waals surface area contributed by atoms with Gasteiger partial charge < -0.3 is 10.2 Å². The van der Waals surface area contributed by atoms with E-state index in [1.54, 1.807) is 0 Å². The Bertz CT molecular complexity index is 836. The number of nitrogens with one attached hydrogen (secondary N) is 1. The lowest BCUT2D eigenvalue weighted by atomic mass is 10.1. The molecule has 0 bridgehead atoms. The average Bonchev–Trinajstić information content (AvgIpc) is 3.18. The van der Waals surface area contributed by atoms with Crippen LogP contribution in [0.1, 0.15) is 33.6 Å². The summed E-state index contributed by atoms with van der Waals surface area (Å²) in [6, 6.07) is 5.40. The molecule has 146 valence electrons. The van der Waals surface area contributed by atoms with E-state index in [9.17, 15) is 28.8 Å². The summed E-state index contributed by atoms with van der Waals surface area (Å²) in [5.74, 6) is -2.68. The van der Waals surface area contributed by atoms with Crippen molar-refractivity contribution in [3.05, 3.63) is 35.4 Å². The Kier molecular flexibility index (Phi) is 5.73. The minimum atomic E-state index is -0.890. The molecule has 10 nitrogen and oxygen atoms in total. The molecule has 0 aromatic heterocycles.